The molecule has 0 aliphatic heterocycles. The number of amides is 2. The summed E-state index contributed by atoms with van der Waals surface area (Å²) in [5, 5.41) is 4.61. The van der Waals surface area contributed by atoms with Gasteiger partial charge in [0.25, 0.3) is 0 Å². The Hall–Kier alpha value is -2.05. The number of halogens is 3. The molecule has 7 heteroatoms. The zero-order valence-electron chi connectivity index (χ0n) is 13.1. The minimum atomic E-state index is -1.65. The van der Waals surface area contributed by atoms with Crippen molar-refractivity contribution in [2.75, 3.05) is 11.9 Å². The Morgan fingerprint density at radius 1 is 1.04 bits per heavy atom. The van der Waals surface area contributed by atoms with E-state index < -0.39 is 29.0 Å². The molecule has 0 spiro atoms. The van der Waals surface area contributed by atoms with Crippen LogP contribution in [0.4, 0.5) is 18.9 Å². The van der Waals surface area contributed by atoms with Gasteiger partial charge in [0.1, 0.15) is 0 Å². The second-order valence-corrected chi connectivity index (χ2v) is 6.69. The van der Waals surface area contributed by atoms with E-state index in [0.717, 1.165) is 24.5 Å². The van der Waals surface area contributed by atoms with E-state index in [1.165, 1.54) is 19.3 Å². The molecular weight excluding hydrogens is 321 g/mol. The summed E-state index contributed by atoms with van der Waals surface area (Å²) in [4.78, 5) is 23.6. The Morgan fingerprint density at radius 2 is 1.83 bits per heavy atom. The third-order valence-corrected chi connectivity index (χ3v) is 5.09. The predicted molar refractivity (Wildman–Crippen MR) is 81.5 cm³/mol. The fourth-order valence-corrected chi connectivity index (χ4v) is 3.93. The molecule has 2 fully saturated rings. The van der Waals surface area contributed by atoms with Crippen LogP contribution in [0.3, 0.4) is 0 Å². The molecule has 3 unspecified atom stereocenters. The number of rotatable bonds is 5. The number of hydrogen-bond donors (Lipinski definition) is 2. The van der Waals surface area contributed by atoms with Gasteiger partial charge in [-0.15, -0.1) is 0 Å². The van der Waals surface area contributed by atoms with Gasteiger partial charge in [0.15, 0.2) is 17.5 Å². The van der Waals surface area contributed by atoms with Crippen molar-refractivity contribution < 1.29 is 22.8 Å². The van der Waals surface area contributed by atoms with Gasteiger partial charge < -0.3 is 10.6 Å². The van der Waals surface area contributed by atoms with Crippen LogP contribution in [0, 0.1) is 35.2 Å². The second-order valence-electron chi connectivity index (χ2n) is 6.69. The van der Waals surface area contributed by atoms with Gasteiger partial charge in [0.05, 0.1) is 12.2 Å². The fraction of sp³-hybridized carbons (Fsp3) is 0.529. The van der Waals surface area contributed by atoms with Gasteiger partial charge in [-0.1, -0.05) is 6.42 Å². The van der Waals surface area contributed by atoms with E-state index in [-0.39, 0.29) is 12.5 Å². The van der Waals surface area contributed by atoms with Crippen molar-refractivity contribution >= 4 is 17.5 Å². The number of fused-ring (bicyclic) bond motifs is 2. The van der Waals surface area contributed by atoms with Crippen molar-refractivity contribution in [3.63, 3.8) is 0 Å². The van der Waals surface area contributed by atoms with Crippen LogP contribution >= 0.6 is 0 Å². The predicted octanol–water partition coefficient (Wildman–Crippen LogP) is 2.98. The van der Waals surface area contributed by atoms with E-state index in [4.69, 9.17) is 0 Å². The lowest BCUT2D eigenvalue weighted by Crippen LogP contribution is -2.34. The van der Waals surface area contributed by atoms with E-state index in [2.05, 4.69) is 10.6 Å². The van der Waals surface area contributed by atoms with E-state index in [0.29, 0.717) is 18.3 Å². The minimum absolute atomic E-state index is 0.214. The molecule has 2 amide bonds. The number of hydrogen-bond acceptors (Lipinski definition) is 2. The third kappa shape index (κ3) is 3.55. The molecule has 2 N–H and O–H groups in total. The monoisotopic (exact) mass is 340 g/mol. The van der Waals surface area contributed by atoms with E-state index in [1.807, 2.05) is 0 Å². The van der Waals surface area contributed by atoms with Gasteiger partial charge >= 0.3 is 0 Å². The summed E-state index contributed by atoms with van der Waals surface area (Å²) in [7, 11) is 0. The summed E-state index contributed by atoms with van der Waals surface area (Å²) >= 11 is 0. The lowest BCUT2D eigenvalue weighted by molar-refractivity contribution is -0.125. The second kappa shape index (κ2) is 6.83. The lowest BCUT2D eigenvalue weighted by atomic mass is 9.86. The van der Waals surface area contributed by atoms with E-state index >= 15 is 0 Å². The van der Waals surface area contributed by atoms with Gasteiger partial charge in [0.2, 0.25) is 11.8 Å². The van der Waals surface area contributed by atoms with Crippen LogP contribution in [-0.2, 0) is 9.59 Å². The molecule has 4 nitrogen and oxygen atoms in total. The Balaban J connectivity index is 1.45. The molecule has 24 heavy (non-hydrogen) atoms. The smallest absolute Gasteiger partial charge is 0.243 e. The molecule has 1 aromatic carbocycles. The highest BCUT2D eigenvalue weighted by Gasteiger charge is 2.40. The van der Waals surface area contributed by atoms with Crippen molar-refractivity contribution in [2.24, 2.45) is 17.8 Å². The summed E-state index contributed by atoms with van der Waals surface area (Å²) in [6, 6.07) is 1.66. The number of anilines is 1. The normalized spacial score (nSPS) is 24.9. The highest BCUT2D eigenvalue weighted by atomic mass is 19.2. The molecular formula is C17H19F3N2O2. The van der Waals surface area contributed by atoms with Crippen molar-refractivity contribution in [1.29, 1.82) is 0 Å². The summed E-state index contributed by atoms with van der Waals surface area (Å²) in [5.74, 6) is -3.60. The number of benzene rings is 1. The first-order valence-electron chi connectivity index (χ1n) is 8.14. The summed E-state index contributed by atoms with van der Waals surface area (Å²) in [6.45, 7) is -0.335. The van der Waals surface area contributed by atoms with Crippen molar-refractivity contribution in [2.45, 2.75) is 32.1 Å². The number of carbonyl (C=O) groups is 2. The highest BCUT2D eigenvalue weighted by Crippen LogP contribution is 2.49. The van der Waals surface area contributed by atoms with Crippen molar-refractivity contribution in [3.05, 3.63) is 29.6 Å². The Morgan fingerprint density at radius 3 is 2.50 bits per heavy atom. The first-order valence-corrected chi connectivity index (χ1v) is 8.14. The van der Waals surface area contributed by atoms with Gasteiger partial charge in [0, 0.05) is 6.42 Å². The van der Waals surface area contributed by atoms with Crippen LogP contribution in [0.15, 0.2) is 12.1 Å². The van der Waals surface area contributed by atoms with Gasteiger partial charge in [-0.2, -0.15) is 0 Å². The first-order chi connectivity index (χ1) is 11.4. The average Bonchev–Trinajstić information content (AvgIpc) is 3.16. The van der Waals surface area contributed by atoms with Crippen LogP contribution in [0.25, 0.3) is 0 Å². The van der Waals surface area contributed by atoms with Gasteiger partial charge in [-0.05, 0) is 49.1 Å². The van der Waals surface area contributed by atoms with Gasteiger partial charge in [-0.3, -0.25) is 9.59 Å². The minimum Gasteiger partial charge on any atom is -0.347 e. The Bertz CT molecular complexity index is 665. The summed E-state index contributed by atoms with van der Waals surface area (Å²) < 4.78 is 39.4. The topological polar surface area (TPSA) is 58.2 Å². The molecule has 2 aliphatic rings. The third-order valence-electron chi connectivity index (χ3n) is 5.09. The molecule has 3 rings (SSSR count). The molecule has 0 saturated heterocycles. The molecule has 0 aromatic heterocycles. The fourth-order valence-electron chi connectivity index (χ4n) is 3.93. The quantitative estimate of drug-likeness (QED) is 0.810. The van der Waals surface area contributed by atoms with E-state index in [9.17, 15) is 22.8 Å². The van der Waals surface area contributed by atoms with Crippen LogP contribution in [0.1, 0.15) is 32.1 Å². The van der Waals surface area contributed by atoms with Crippen molar-refractivity contribution in [3.8, 4) is 0 Å². The van der Waals surface area contributed by atoms with Crippen LogP contribution in [0.2, 0.25) is 0 Å². The zero-order valence-corrected chi connectivity index (χ0v) is 13.1. The summed E-state index contributed by atoms with van der Waals surface area (Å²) in [5.41, 5.74) is -0.457. The van der Waals surface area contributed by atoms with Gasteiger partial charge in [-0.25, -0.2) is 13.2 Å². The zero-order chi connectivity index (χ0) is 17.3. The summed E-state index contributed by atoms with van der Waals surface area (Å²) in [6.07, 6.45) is 5.11. The maximum absolute atomic E-state index is 13.5. The number of carbonyl (C=O) groups excluding carboxylic acids is 2. The molecule has 1 aromatic rings. The molecule has 3 atom stereocenters. The van der Waals surface area contributed by atoms with Crippen LogP contribution < -0.4 is 10.6 Å². The maximum Gasteiger partial charge on any atom is 0.243 e. The molecule has 2 bridgehead atoms. The number of nitrogens with one attached hydrogen (secondary N) is 2. The Labute approximate surface area is 137 Å². The SMILES string of the molecule is O=C(CC1CC2CCC1C2)NCC(=O)Nc1ccc(F)c(F)c1F. The molecule has 0 heterocycles. The van der Waals surface area contributed by atoms with Crippen LogP contribution in [0.5, 0.6) is 0 Å². The lowest BCUT2D eigenvalue weighted by Gasteiger charge is -2.20. The molecule has 0 radical (unpaired) electrons. The molecule has 2 saturated carbocycles. The Kier molecular flexibility index (Phi) is 4.78. The largest absolute Gasteiger partial charge is 0.347 e. The molecule has 2 aliphatic carbocycles. The maximum atomic E-state index is 13.5. The van der Waals surface area contributed by atoms with E-state index in [1.54, 1.807) is 0 Å². The van der Waals surface area contributed by atoms with Crippen molar-refractivity contribution in [1.82, 2.24) is 5.32 Å². The highest BCUT2D eigenvalue weighted by molar-refractivity contribution is 5.94. The average molecular weight is 340 g/mol. The first kappa shape index (κ1) is 16.8. The molecule has 130 valence electrons. The standard InChI is InChI=1S/C17H19F3N2O2/c18-12-3-4-13(17(20)16(12)19)22-15(24)8-21-14(23)7-11-6-9-1-2-10(11)5-9/h3-4,9-11H,1-2,5-8H2,(H,21,23)(H,22,24). The van der Waals surface area contributed by atoms with Crippen LogP contribution in [-0.4, -0.2) is 18.4 Å².